The predicted molar refractivity (Wildman–Crippen MR) is 118 cm³/mol. The maximum atomic E-state index is 11.3. The van der Waals surface area contributed by atoms with Crippen LogP contribution in [-0.4, -0.2) is 45.2 Å². The van der Waals surface area contributed by atoms with Crippen LogP contribution in [0.15, 0.2) is 61.1 Å². The van der Waals surface area contributed by atoms with Gasteiger partial charge in [-0.3, -0.25) is 4.98 Å². The number of hydrogen-bond acceptors (Lipinski definition) is 5. The van der Waals surface area contributed by atoms with Crippen LogP contribution in [0.2, 0.25) is 0 Å². The number of benzene rings is 2. The van der Waals surface area contributed by atoms with Crippen LogP contribution in [0, 0.1) is 0 Å². The summed E-state index contributed by atoms with van der Waals surface area (Å²) in [6, 6.07) is 13.0. The van der Waals surface area contributed by atoms with E-state index in [0.717, 1.165) is 59.2 Å². The maximum absolute atomic E-state index is 11.3. The first-order valence-corrected chi connectivity index (χ1v) is 10.3. The highest BCUT2D eigenvalue weighted by molar-refractivity contribution is 5.97. The number of carboxylic acid groups (broad SMARTS) is 1. The monoisotopic (exact) mass is 414 g/mol. The third-order valence-corrected chi connectivity index (χ3v) is 5.55. The highest BCUT2D eigenvalue weighted by atomic mass is 16.5. The van der Waals surface area contributed by atoms with Crippen molar-refractivity contribution in [3.05, 3.63) is 66.6 Å². The van der Waals surface area contributed by atoms with Gasteiger partial charge in [-0.25, -0.2) is 9.78 Å². The van der Waals surface area contributed by atoms with Crippen molar-refractivity contribution in [3.63, 3.8) is 0 Å². The Hall–Kier alpha value is -3.71. The number of nitrogens with one attached hydrogen (secondary N) is 2. The first-order chi connectivity index (χ1) is 15.2. The molecular formula is C24H22N4O3. The van der Waals surface area contributed by atoms with Gasteiger partial charge in [0.05, 0.1) is 23.7 Å². The fourth-order valence-corrected chi connectivity index (χ4v) is 3.97. The molecule has 31 heavy (non-hydrogen) atoms. The molecule has 0 saturated carbocycles. The molecule has 1 fully saturated rings. The molecule has 0 radical (unpaired) electrons. The fraction of sp³-hybridized carbons (Fsp3) is 0.208. The molecule has 2 aromatic carbocycles. The van der Waals surface area contributed by atoms with E-state index in [9.17, 15) is 9.90 Å². The summed E-state index contributed by atoms with van der Waals surface area (Å²) in [5.74, 6) is -0.420. The van der Waals surface area contributed by atoms with Gasteiger partial charge in [-0.05, 0) is 54.8 Å². The SMILES string of the molecule is O=C(O)c1cccc(-c2ccc3[nH]cc(-c4cncc(O[C@@H]5CCCNC5)n4)c3c2)c1. The average molecular weight is 414 g/mol. The molecule has 1 aliphatic heterocycles. The van der Waals surface area contributed by atoms with Gasteiger partial charge in [-0.1, -0.05) is 18.2 Å². The van der Waals surface area contributed by atoms with E-state index in [1.165, 1.54) is 0 Å². The number of piperidine rings is 1. The minimum absolute atomic E-state index is 0.106. The lowest BCUT2D eigenvalue weighted by Crippen LogP contribution is -2.37. The van der Waals surface area contributed by atoms with Crippen LogP contribution in [0.1, 0.15) is 23.2 Å². The first-order valence-electron chi connectivity index (χ1n) is 10.3. The second-order valence-corrected chi connectivity index (χ2v) is 7.68. The van der Waals surface area contributed by atoms with E-state index < -0.39 is 5.97 Å². The Morgan fingerprint density at radius 1 is 1.13 bits per heavy atom. The summed E-state index contributed by atoms with van der Waals surface area (Å²) in [6.07, 6.45) is 7.49. The van der Waals surface area contributed by atoms with Crippen molar-refractivity contribution < 1.29 is 14.6 Å². The van der Waals surface area contributed by atoms with Gasteiger partial charge in [-0.2, -0.15) is 0 Å². The number of carbonyl (C=O) groups is 1. The number of rotatable bonds is 5. The molecule has 7 heteroatoms. The molecule has 1 aliphatic rings. The Bertz CT molecular complexity index is 1240. The lowest BCUT2D eigenvalue weighted by molar-refractivity contribution is 0.0697. The van der Waals surface area contributed by atoms with Gasteiger partial charge >= 0.3 is 5.97 Å². The van der Waals surface area contributed by atoms with Crippen molar-refractivity contribution in [1.29, 1.82) is 0 Å². The standard InChI is InChI=1S/C24H22N4O3/c29-24(30)17-4-1-3-15(9-17)16-6-7-21-19(10-16)20(12-27-21)22-13-26-14-23(28-22)31-18-5-2-8-25-11-18/h1,3-4,6-7,9-10,12-14,18,25,27H,2,5,8,11H2,(H,29,30)/t18-/m1/s1. The molecule has 156 valence electrons. The summed E-state index contributed by atoms with van der Waals surface area (Å²) in [5.41, 5.74) is 4.67. The largest absolute Gasteiger partial charge is 0.478 e. The fourth-order valence-electron chi connectivity index (χ4n) is 3.97. The first kappa shape index (κ1) is 19.3. The van der Waals surface area contributed by atoms with Gasteiger partial charge in [0.1, 0.15) is 6.10 Å². The summed E-state index contributed by atoms with van der Waals surface area (Å²) in [5, 5.41) is 13.6. The second kappa shape index (κ2) is 8.20. The van der Waals surface area contributed by atoms with Gasteiger partial charge in [0.2, 0.25) is 5.88 Å². The number of aromatic nitrogens is 3. The van der Waals surface area contributed by atoms with Gasteiger partial charge in [0, 0.05) is 29.2 Å². The van der Waals surface area contributed by atoms with Crippen molar-refractivity contribution in [1.82, 2.24) is 20.3 Å². The van der Waals surface area contributed by atoms with Crippen molar-refractivity contribution in [2.45, 2.75) is 18.9 Å². The number of aromatic amines is 1. The van der Waals surface area contributed by atoms with Crippen molar-refractivity contribution in [2.24, 2.45) is 0 Å². The number of aromatic carboxylic acids is 1. The minimum Gasteiger partial charge on any atom is -0.478 e. The Labute approximate surface area is 179 Å². The van der Waals surface area contributed by atoms with Crippen LogP contribution in [0.25, 0.3) is 33.3 Å². The van der Waals surface area contributed by atoms with Crippen molar-refractivity contribution >= 4 is 16.9 Å². The number of hydrogen-bond donors (Lipinski definition) is 3. The Balaban J connectivity index is 1.49. The molecule has 3 heterocycles. The van der Waals surface area contributed by atoms with Crippen molar-refractivity contribution in [3.8, 4) is 28.3 Å². The van der Waals surface area contributed by atoms with Crippen molar-refractivity contribution in [2.75, 3.05) is 13.1 Å². The molecule has 1 atom stereocenters. The van der Waals surface area contributed by atoms with Crippen LogP contribution < -0.4 is 10.1 Å². The summed E-state index contributed by atoms with van der Waals surface area (Å²) >= 11 is 0. The van der Waals surface area contributed by atoms with E-state index in [2.05, 4.69) is 20.3 Å². The molecule has 2 aromatic heterocycles. The lowest BCUT2D eigenvalue weighted by Gasteiger charge is -2.23. The zero-order chi connectivity index (χ0) is 21.2. The molecule has 0 unspecified atom stereocenters. The minimum atomic E-state index is -0.939. The molecule has 0 aliphatic carbocycles. The third kappa shape index (κ3) is 4.00. The topological polar surface area (TPSA) is 100 Å². The maximum Gasteiger partial charge on any atom is 0.335 e. The van der Waals surface area contributed by atoms with Crippen LogP contribution in [0.4, 0.5) is 0 Å². The Kier molecular flexibility index (Phi) is 5.09. The highest BCUT2D eigenvalue weighted by Gasteiger charge is 2.16. The van der Waals surface area contributed by atoms with Crippen LogP contribution >= 0.6 is 0 Å². The number of ether oxygens (including phenoxy) is 1. The van der Waals surface area contributed by atoms with E-state index in [0.29, 0.717) is 5.88 Å². The zero-order valence-electron chi connectivity index (χ0n) is 16.8. The smallest absolute Gasteiger partial charge is 0.335 e. The molecule has 0 amide bonds. The number of H-pyrrole nitrogens is 1. The van der Waals surface area contributed by atoms with E-state index in [-0.39, 0.29) is 11.7 Å². The van der Waals surface area contributed by atoms with Gasteiger partial charge in [0.15, 0.2) is 0 Å². The van der Waals surface area contributed by atoms with E-state index >= 15 is 0 Å². The third-order valence-electron chi connectivity index (χ3n) is 5.55. The summed E-state index contributed by atoms with van der Waals surface area (Å²) < 4.78 is 6.03. The molecule has 7 nitrogen and oxygen atoms in total. The second-order valence-electron chi connectivity index (χ2n) is 7.68. The molecule has 5 rings (SSSR count). The molecule has 4 aromatic rings. The van der Waals surface area contributed by atoms with Gasteiger partial charge in [-0.15, -0.1) is 0 Å². The van der Waals surface area contributed by atoms with Crippen LogP contribution in [-0.2, 0) is 0 Å². The summed E-state index contributed by atoms with van der Waals surface area (Å²) in [7, 11) is 0. The Morgan fingerprint density at radius 2 is 2.03 bits per heavy atom. The Morgan fingerprint density at radius 3 is 2.87 bits per heavy atom. The van der Waals surface area contributed by atoms with Crippen LogP contribution in [0.5, 0.6) is 5.88 Å². The summed E-state index contributed by atoms with van der Waals surface area (Å²) in [6.45, 7) is 1.84. The molecule has 3 N–H and O–H groups in total. The molecule has 0 spiro atoms. The molecule has 1 saturated heterocycles. The number of carboxylic acids is 1. The normalized spacial score (nSPS) is 16.3. The van der Waals surface area contributed by atoms with Gasteiger partial charge in [0.25, 0.3) is 0 Å². The van der Waals surface area contributed by atoms with Gasteiger partial charge < -0.3 is 20.1 Å². The highest BCUT2D eigenvalue weighted by Crippen LogP contribution is 2.32. The molecular weight excluding hydrogens is 392 g/mol. The number of nitrogens with zero attached hydrogens (tertiary/aromatic N) is 2. The summed E-state index contributed by atoms with van der Waals surface area (Å²) in [4.78, 5) is 23.6. The average Bonchev–Trinajstić information content (AvgIpc) is 3.23. The van der Waals surface area contributed by atoms with Crippen LogP contribution in [0.3, 0.4) is 0 Å². The quantitative estimate of drug-likeness (QED) is 0.454. The number of fused-ring (bicyclic) bond motifs is 1. The molecule has 0 bridgehead atoms. The van der Waals surface area contributed by atoms with E-state index in [1.807, 2.05) is 30.5 Å². The van der Waals surface area contributed by atoms with E-state index in [4.69, 9.17) is 4.74 Å². The lowest BCUT2D eigenvalue weighted by atomic mass is 10.00. The van der Waals surface area contributed by atoms with E-state index in [1.54, 1.807) is 30.6 Å². The zero-order valence-corrected chi connectivity index (χ0v) is 16.8. The predicted octanol–water partition coefficient (Wildman–Crippen LogP) is 4.12.